The Hall–Kier alpha value is -1.47. The topological polar surface area (TPSA) is 307 Å². The largest absolute Gasteiger partial charge is 0.394 e. The third-order valence-electron chi connectivity index (χ3n) is 12.8. The minimum absolute atomic E-state index is 0.247. The molecule has 0 bridgehead atoms. The maximum atomic E-state index is 13.1. The molecule has 66 heavy (non-hydrogen) atoms. The lowest BCUT2D eigenvalue weighted by Crippen LogP contribution is -2.66. The molecule has 0 aromatic rings. The number of hydrogen-bond donors (Lipinski definition) is 12. The lowest BCUT2D eigenvalue weighted by Gasteiger charge is -2.48. The van der Waals surface area contributed by atoms with Crippen LogP contribution in [-0.4, -0.2) is 193 Å². The van der Waals surface area contributed by atoms with Gasteiger partial charge in [-0.05, 0) is 19.3 Å². The van der Waals surface area contributed by atoms with Crippen LogP contribution in [0.15, 0.2) is 12.2 Å². The summed E-state index contributed by atoms with van der Waals surface area (Å²) in [5.41, 5.74) is 0. The number of ether oxygens (including phenoxy) is 6. The van der Waals surface area contributed by atoms with Crippen LogP contribution in [0.3, 0.4) is 0 Å². The number of rotatable bonds is 34. The predicted molar refractivity (Wildman–Crippen MR) is 240 cm³/mol. The highest BCUT2D eigenvalue weighted by atomic mass is 16.8. The Labute approximate surface area is 391 Å². The molecule has 19 nitrogen and oxygen atoms in total. The Morgan fingerprint density at radius 2 is 0.939 bits per heavy atom. The van der Waals surface area contributed by atoms with Gasteiger partial charge < -0.3 is 89.9 Å². The Morgan fingerprint density at radius 3 is 1.42 bits per heavy atom. The van der Waals surface area contributed by atoms with E-state index in [1.165, 1.54) is 64.2 Å². The SMILES string of the molecule is CCCCCCC/C=C/C(O)C(COC1OC(CO)C(OC2OC(CO)C(OC3OC(CO)C(O)C(O)C3O)C(O)C2O)C(O)C1O)NC(=O)CCCCCCCCCCCCCCCC. The molecular weight excluding hydrogens is 867 g/mol. The molecule has 1 amide bonds. The molecular formula is C47H87NO18. The average molecular weight is 954 g/mol. The molecule has 0 aromatic carbocycles. The molecule has 3 aliphatic heterocycles. The fraction of sp³-hybridized carbons (Fsp3) is 0.936. The van der Waals surface area contributed by atoms with Gasteiger partial charge in [0.2, 0.25) is 5.91 Å². The van der Waals surface area contributed by atoms with E-state index in [-0.39, 0.29) is 18.9 Å². The maximum absolute atomic E-state index is 13.1. The molecule has 3 heterocycles. The molecule has 0 aliphatic carbocycles. The highest BCUT2D eigenvalue weighted by Gasteiger charge is 2.53. The second-order valence-corrected chi connectivity index (χ2v) is 18.3. The van der Waals surface area contributed by atoms with Crippen LogP contribution in [0.4, 0.5) is 0 Å². The third kappa shape index (κ3) is 19.4. The highest BCUT2D eigenvalue weighted by Crippen LogP contribution is 2.33. The van der Waals surface area contributed by atoms with Crippen LogP contribution in [0.25, 0.3) is 0 Å². The van der Waals surface area contributed by atoms with Gasteiger partial charge in [-0.25, -0.2) is 0 Å². The zero-order valence-corrected chi connectivity index (χ0v) is 39.4. The van der Waals surface area contributed by atoms with Gasteiger partial charge in [-0.2, -0.15) is 0 Å². The zero-order valence-electron chi connectivity index (χ0n) is 39.4. The Morgan fingerprint density at radius 1 is 0.530 bits per heavy atom. The molecule has 19 heteroatoms. The van der Waals surface area contributed by atoms with Crippen molar-refractivity contribution in [2.75, 3.05) is 26.4 Å². The summed E-state index contributed by atoms with van der Waals surface area (Å²) in [5.74, 6) is -0.281. The first-order valence-corrected chi connectivity index (χ1v) is 24.9. The van der Waals surface area contributed by atoms with Crippen LogP contribution >= 0.6 is 0 Å². The van der Waals surface area contributed by atoms with Crippen molar-refractivity contribution in [1.82, 2.24) is 5.32 Å². The minimum atomic E-state index is -1.97. The van der Waals surface area contributed by atoms with Crippen molar-refractivity contribution in [3.63, 3.8) is 0 Å². The normalized spacial score (nSPS) is 33.9. The van der Waals surface area contributed by atoms with E-state index in [1.54, 1.807) is 6.08 Å². The van der Waals surface area contributed by atoms with Crippen molar-refractivity contribution in [2.24, 2.45) is 0 Å². The monoisotopic (exact) mass is 954 g/mol. The van der Waals surface area contributed by atoms with Crippen LogP contribution in [0.2, 0.25) is 0 Å². The van der Waals surface area contributed by atoms with Crippen molar-refractivity contribution in [3.8, 4) is 0 Å². The second-order valence-electron chi connectivity index (χ2n) is 18.3. The van der Waals surface area contributed by atoms with Gasteiger partial charge in [0.1, 0.15) is 73.2 Å². The molecule has 3 saturated heterocycles. The zero-order chi connectivity index (χ0) is 48.4. The van der Waals surface area contributed by atoms with Gasteiger partial charge in [0.15, 0.2) is 18.9 Å². The van der Waals surface area contributed by atoms with Gasteiger partial charge in [0, 0.05) is 6.42 Å². The summed E-state index contributed by atoms with van der Waals surface area (Å²) < 4.78 is 34.0. The molecule has 17 unspecified atom stereocenters. The van der Waals surface area contributed by atoms with E-state index in [9.17, 15) is 61.0 Å². The van der Waals surface area contributed by atoms with Gasteiger partial charge >= 0.3 is 0 Å². The molecule has 388 valence electrons. The lowest BCUT2D eigenvalue weighted by molar-refractivity contribution is -0.379. The van der Waals surface area contributed by atoms with Crippen LogP contribution < -0.4 is 5.32 Å². The van der Waals surface area contributed by atoms with E-state index in [0.29, 0.717) is 6.42 Å². The number of hydrogen-bond acceptors (Lipinski definition) is 18. The minimum Gasteiger partial charge on any atom is -0.394 e. The summed E-state index contributed by atoms with van der Waals surface area (Å²) in [6.45, 7) is 1.61. The summed E-state index contributed by atoms with van der Waals surface area (Å²) in [4.78, 5) is 13.1. The number of amides is 1. The third-order valence-corrected chi connectivity index (χ3v) is 12.8. The molecule has 0 saturated carbocycles. The molecule has 17 atom stereocenters. The van der Waals surface area contributed by atoms with Crippen molar-refractivity contribution in [3.05, 3.63) is 12.2 Å². The van der Waals surface area contributed by atoms with Crippen molar-refractivity contribution in [2.45, 2.75) is 253 Å². The molecule has 0 aromatic heterocycles. The average Bonchev–Trinajstić information content (AvgIpc) is 3.31. The summed E-state index contributed by atoms with van der Waals surface area (Å²) in [6, 6.07) is -0.962. The first-order chi connectivity index (χ1) is 31.8. The fourth-order valence-electron chi connectivity index (χ4n) is 8.60. The van der Waals surface area contributed by atoms with E-state index in [0.717, 1.165) is 57.8 Å². The first kappa shape index (κ1) is 58.8. The van der Waals surface area contributed by atoms with Crippen LogP contribution in [0.5, 0.6) is 0 Å². The van der Waals surface area contributed by atoms with Gasteiger partial charge in [-0.1, -0.05) is 135 Å². The number of carbonyl (C=O) groups is 1. The molecule has 0 spiro atoms. The van der Waals surface area contributed by atoms with Crippen LogP contribution in [0.1, 0.15) is 149 Å². The smallest absolute Gasteiger partial charge is 0.220 e. The Bertz CT molecular complexity index is 1280. The van der Waals surface area contributed by atoms with E-state index in [2.05, 4.69) is 19.2 Å². The number of carbonyl (C=O) groups excluding carboxylic acids is 1. The molecule has 3 rings (SSSR count). The summed E-state index contributed by atoms with van der Waals surface area (Å²) in [6.07, 6.45) is -0.307. The van der Waals surface area contributed by atoms with Crippen LogP contribution in [-0.2, 0) is 33.2 Å². The molecule has 3 aliphatic rings. The number of nitrogens with one attached hydrogen (secondary N) is 1. The lowest BCUT2D eigenvalue weighted by atomic mass is 9.96. The fourth-order valence-corrected chi connectivity index (χ4v) is 8.60. The molecule has 0 radical (unpaired) electrons. The van der Waals surface area contributed by atoms with Gasteiger partial charge in [-0.15, -0.1) is 0 Å². The number of unbranched alkanes of at least 4 members (excludes halogenated alkanes) is 18. The Balaban J connectivity index is 1.55. The summed E-state index contributed by atoms with van der Waals surface area (Å²) in [5, 5.41) is 119. The quantitative estimate of drug-likeness (QED) is 0.0317. The Kier molecular flexibility index (Phi) is 29.6. The molecule has 3 fully saturated rings. The molecule has 12 N–H and O–H groups in total. The van der Waals surface area contributed by atoms with Crippen molar-refractivity contribution in [1.29, 1.82) is 0 Å². The first-order valence-electron chi connectivity index (χ1n) is 24.9. The van der Waals surface area contributed by atoms with E-state index >= 15 is 0 Å². The predicted octanol–water partition coefficient (Wildman–Crippen LogP) is 1.09. The van der Waals surface area contributed by atoms with Gasteiger partial charge in [0.05, 0.1) is 38.6 Å². The number of aliphatic hydroxyl groups excluding tert-OH is 11. The maximum Gasteiger partial charge on any atom is 0.220 e. The van der Waals surface area contributed by atoms with E-state index < -0.39 is 124 Å². The van der Waals surface area contributed by atoms with Gasteiger partial charge in [0.25, 0.3) is 0 Å². The number of allylic oxidation sites excluding steroid dienone is 1. The van der Waals surface area contributed by atoms with E-state index in [4.69, 9.17) is 28.4 Å². The summed E-state index contributed by atoms with van der Waals surface area (Å²) in [7, 11) is 0. The van der Waals surface area contributed by atoms with Crippen LogP contribution in [0, 0.1) is 0 Å². The highest BCUT2D eigenvalue weighted by molar-refractivity contribution is 5.76. The number of aliphatic hydroxyl groups is 11. The van der Waals surface area contributed by atoms with Crippen molar-refractivity contribution >= 4 is 5.91 Å². The van der Waals surface area contributed by atoms with Crippen molar-refractivity contribution < 1.29 is 89.4 Å². The standard InChI is InChI=1S/C47H87NO18/c1-3-5-7-9-11-12-13-14-15-16-17-19-21-23-25-35(53)48-30(31(52)24-22-20-18-10-8-6-4-2)29-61-45-41(59)38(56)43(33(27-50)63-45)66-47-42(60)39(57)44(34(28-51)64-47)65-46-40(58)37(55)36(54)32(26-49)62-46/h22,24,30-34,36-47,49-52,54-60H,3-21,23,25-29H2,1-2H3,(H,48,53)/b24-22+. The van der Waals surface area contributed by atoms with Gasteiger partial charge in [-0.3, -0.25) is 4.79 Å². The van der Waals surface area contributed by atoms with E-state index in [1.807, 2.05) is 6.08 Å². The summed E-state index contributed by atoms with van der Waals surface area (Å²) >= 11 is 0. The second kappa shape index (κ2) is 33.2.